The molecule has 0 fully saturated rings. The second kappa shape index (κ2) is 7.11. The zero-order valence-corrected chi connectivity index (χ0v) is 14.5. The Balaban J connectivity index is 2.64. The number of halogens is 1. The van der Waals surface area contributed by atoms with Gasteiger partial charge in [-0.3, -0.25) is 5.84 Å². The highest BCUT2D eigenvalue weighted by Crippen LogP contribution is 2.38. The monoisotopic (exact) mass is 398 g/mol. The van der Waals surface area contributed by atoms with E-state index in [1.807, 2.05) is 24.3 Å². The van der Waals surface area contributed by atoms with Gasteiger partial charge in [-0.1, -0.05) is 24.3 Å². The van der Waals surface area contributed by atoms with Crippen LogP contribution in [0.25, 0.3) is 0 Å². The molecule has 21 heavy (non-hydrogen) atoms. The molecule has 0 heterocycles. The van der Waals surface area contributed by atoms with Crippen LogP contribution in [0, 0.1) is 10.5 Å². The third-order valence-electron chi connectivity index (χ3n) is 3.45. The largest absolute Gasteiger partial charge is 0.496 e. The Morgan fingerprint density at radius 1 is 1.05 bits per heavy atom. The Hall–Kier alpha value is -1.31. The van der Waals surface area contributed by atoms with Crippen LogP contribution >= 0.6 is 22.6 Å². The van der Waals surface area contributed by atoms with E-state index in [2.05, 4.69) is 47.1 Å². The molecule has 0 aliphatic heterocycles. The van der Waals surface area contributed by atoms with Gasteiger partial charge in [-0.25, -0.2) is 5.43 Å². The first-order chi connectivity index (χ1) is 10.1. The first-order valence-corrected chi connectivity index (χ1v) is 7.64. The average molecular weight is 398 g/mol. The van der Waals surface area contributed by atoms with E-state index >= 15 is 0 Å². The molecule has 0 amide bonds. The predicted molar refractivity (Wildman–Crippen MR) is 92.6 cm³/mol. The standard InChI is InChI=1S/C16H19IN2O2/c1-10-6-4-7-11(15(10)17)16(19-18)14-12(20-2)8-5-9-13(14)21-3/h4-9,16,19H,18H2,1-3H3. The lowest BCUT2D eigenvalue weighted by molar-refractivity contribution is 0.377. The summed E-state index contributed by atoms with van der Waals surface area (Å²) in [5.41, 5.74) is 6.09. The molecule has 112 valence electrons. The van der Waals surface area contributed by atoms with E-state index < -0.39 is 0 Å². The summed E-state index contributed by atoms with van der Waals surface area (Å²) in [6.45, 7) is 2.08. The predicted octanol–water partition coefficient (Wildman–Crippen LogP) is 3.17. The van der Waals surface area contributed by atoms with Crippen molar-refractivity contribution < 1.29 is 9.47 Å². The maximum atomic E-state index is 5.84. The third-order valence-corrected chi connectivity index (χ3v) is 4.93. The summed E-state index contributed by atoms with van der Waals surface area (Å²) < 4.78 is 12.1. The minimum absolute atomic E-state index is 0.206. The topological polar surface area (TPSA) is 56.5 Å². The van der Waals surface area contributed by atoms with Crippen molar-refractivity contribution in [3.8, 4) is 11.5 Å². The first-order valence-electron chi connectivity index (χ1n) is 6.56. The molecule has 3 N–H and O–H groups in total. The van der Waals surface area contributed by atoms with E-state index in [1.54, 1.807) is 14.2 Å². The molecule has 2 aromatic carbocycles. The molecule has 0 spiro atoms. The molecule has 2 rings (SSSR count). The molecule has 0 saturated carbocycles. The molecule has 0 aliphatic rings. The van der Waals surface area contributed by atoms with Crippen molar-refractivity contribution in [2.24, 2.45) is 5.84 Å². The number of benzene rings is 2. The van der Waals surface area contributed by atoms with Crippen LogP contribution in [0.3, 0.4) is 0 Å². The van der Waals surface area contributed by atoms with Crippen LogP contribution in [0.5, 0.6) is 11.5 Å². The number of nitrogens with two attached hydrogens (primary N) is 1. The van der Waals surface area contributed by atoms with Gasteiger partial charge >= 0.3 is 0 Å². The van der Waals surface area contributed by atoms with Gasteiger partial charge in [0.1, 0.15) is 11.5 Å². The van der Waals surface area contributed by atoms with Crippen LogP contribution in [0.1, 0.15) is 22.7 Å². The molecular formula is C16H19IN2O2. The molecule has 1 atom stereocenters. The van der Waals surface area contributed by atoms with E-state index in [9.17, 15) is 0 Å². The number of nitrogens with one attached hydrogen (secondary N) is 1. The van der Waals surface area contributed by atoms with Crippen LogP contribution in [0.15, 0.2) is 36.4 Å². The van der Waals surface area contributed by atoms with Gasteiger partial charge in [0.2, 0.25) is 0 Å². The summed E-state index contributed by atoms with van der Waals surface area (Å²) in [5.74, 6) is 7.33. The van der Waals surface area contributed by atoms with Crippen LogP contribution in [-0.2, 0) is 0 Å². The van der Waals surface area contributed by atoms with Crippen molar-refractivity contribution in [1.82, 2.24) is 5.43 Å². The van der Waals surface area contributed by atoms with Gasteiger partial charge in [-0.15, -0.1) is 0 Å². The zero-order chi connectivity index (χ0) is 15.4. The summed E-state index contributed by atoms with van der Waals surface area (Å²) in [7, 11) is 3.29. The van der Waals surface area contributed by atoms with Crippen molar-refractivity contribution >= 4 is 22.6 Å². The van der Waals surface area contributed by atoms with Crippen LogP contribution in [0.4, 0.5) is 0 Å². The second-order valence-corrected chi connectivity index (χ2v) is 5.73. The van der Waals surface area contributed by atoms with Crippen molar-refractivity contribution in [3.05, 3.63) is 56.7 Å². The molecule has 0 aliphatic carbocycles. The maximum Gasteiger partial charge on any atom is 0.127 e. The number of hydrogen-bond acceptors (Lipinski definition) is 4. The van der Waals surface area contributed by atoms with Gasteiger partial charge in [0.05, 0.1) is 25.8 Å². The van der Waals surface area contributed by atoms with Gasteiger partial charge < -0.3 is 9.47 Å². The summed E-state index contributed by atoms with van der Waals surface area (Å²) in [5, 5.41) is 0. The van der Waals surface area contributed by atoms with Gasteiger partial charge in [-0.2, -0.15) is 0 Å². The molecule has 0 bridgehead atoms. The summed E-state index contributed by atoms with van der Waals surface area (Å²) >= 11 is 2.34. The fourth-order valence-corrected chi connectivity index (χ4v) is 3.06. The highest BCUT2D eigenvalue weighted by molar-refractivity contribution is 14.1. The molecule has 1 unspecified atom stereocenters. The SMILES string of the molecule is COc1cccc(OC)c1C(NN)c1cccc(C)c1I. The Kier molecular flexibility index (Phi) is 5.44. The molecule has 0 radical (unpaired) electrons. The summed E-state index contributed by atoms with van der Waals surface area (Å²) in [6, 6.07) is 11.7. The van der Waals surface area contributed by atoms with E-state index in [0.717, 1.165) is 22.6 Å². The average Bonchev–Trinajstić information content (AvgIpc) is 2.52. The van der Waals surface area contributed by atoms with E-state index in [4.69, 9.17) is 15.3 Å². The molecule has 4 nitrogen and oxygen atoms in total. The number of hydrazine groups is 1. The molecule has 0 aromatic heterocycles. The van der Waals surface area contributed by atoms with Gasteiger partial charge in [0.25, 0.3) is 0 Å². The lowest BCUT2D eigenvalue weighted by Gasteiger charge is -2.23. The van der Waals surface area contributed by atoms with Crippen LogP contribution < -0.4 is 20.7 Å². The summed E-state index contributed by atoms with van der Waals surface area (Å²) in [6.07, 6.45) is 0. The zero-order valence-electron chi connectivity index (χ0n) is 12.3. The van der Waals surface area contributed by atoms with Crippen molar-refractivity contribution in [1.29, 1.82) is 0 Å². The van der Waals surface area contributed by atoms with Crippen molar-refractivity contribution in [3.63, 3.8) is 0 Å². The maximum absolute atomic E-state index is 5.84. The Morgan fingerprint density at radius 2 is 1.62 bits per heavy atom. The van der Waals surface area contributed by atoms with Crippen LogP contribution in [-0.4, -0.2) is 14.2 Å². The number of rotatable bonds is 5. The third kappa shape index (κ3) is 3.14. The fraction of sp³-hybridized carbons (Fsp3) is 0.250. The normalized spacial score (nSPS) is 12.0. The Bertz CT molecular complexity index is 609. The number of aryl methyl sites for hydroxylation is 1. The molecular weight excluding hydrogens is 379 g/mol. The quantitative estimate of drug-likeness (QED) is 0.462. The minimum atomic E-state index is -0.206. The van der Waals surface area contributed by atoms with Crippen molar-refractivity contribution in [2.75, 3.05) is 14.2 Å². The van der Waals surface area contributed by atoms with Gasteiger partial charge in [0.15, 0.2) is 0 Å². The molecule has 5 heteroatoms. The first kappa shape index (κ1) is 16.1. The second-order valence-electron chi connectivity index (χ2n) is 4.65. The fourth-order valence-electron chi connectivity index (χ4n) is 2.39. The number of methoxy groups -OCH3 is 2. The highest BCUT2D eigenvalue weighted by atomic mass is 127. The van der Waals surface area contributed by atoms with E-state index in [-0.39, 0.29) is 6.04 Å². The number of ether oxygens (including phenoxy) is 2. The lowest BCUT2D eigenvalue weighted by Crippen LogP contribution is -2.30. The minimum Gasteiger partial charge on any atom is -0.496 e. The van der Waals surface area contributed by atoms with E-state index in [1.165, 1.54) is 9.13 Å². The van der Waals surface area contributed by atoms with Crippen molar-refractivity contribution in [2.45, 2.75) is 13.0 Å². The van der Waals surface area contributed by atoms with Gasteiger partial charge in [-0.05, 0) is 52.8 Å². The lowest BCUT2D eigenvalue weighted by atomic mass is 9.96. The highest BCUT2D eigenvalue weighted by Gasteiger charge is 2.23. The Morgan fingerprint density at radius 3 is 2.14 bits per heavy atom. The summed E-state index contributed by atoms with van der Waals surface area (Å²) in [4.78, 5) is 0. The Labute approximate surface area is 138 Å². The number of hydrogen-bond donors (Lipinski definition) is 2. The van der Waals surface area contributed by atoms with E-state index in [0.29, 0.717) is 0 Å². The molecule has 0 saturated heterocycles. The molecule has 2 aromatic rings. The van der Waals surface area contributed by atoms with Crippen LogP contribution in [0.2, 0.25) is 0 Å². The smallest absolute Gasteiger partial charge is 0.127 e. The van der Waals surface area contributed by atoms with Gasteiger partial charge in [0, 0.05) is 3.57 Å².